The van der Waals surface area contributed by atoms with Crippen LogP contribution in [0.15, 0.2) is 35.2 Å². The number of hydrogen-bond acceptors (Lipinski definition) is 2. The second-order valence-corrected chi connectivity index (χ2v) is 7.41. The van der Waals surface area contributed by atoms with Crippen molar-refractivity contribution in [3.63, 3.8) is 0 Å². The number of thioether (sulfide) groups is 1. The fraction of sp³-hybridized carbons (Fsp3) is 0.667. The summed E-state index contributed by atoms with van der Waals surface area (Å²) in [6, 6.07) is 11.5. The predicted octanol–water partition coefficient (Wildman–Crippen LogP) is 4.83. The molecule has 4 unspecified atom stereocenters. The third-order valence-electron chi connectivity index (χ3n) is 4.85. The topological polar surface area (TPSA) is 12.0 Å². The molecule has 1 N–H and O–H groups in total. The first-order valence-corrected chi connectivity index (χ1v) is 9.10. The Bertz CT molecular complexity index is 378. The molecule has 1 aliphatic rings. The van der Waals surface area contributed by atoms with E-state index in [0.717, 1.165) is 24.3 Å². The van der Waals surface area contributed by atoms with Gasteiger partial charge in [-0.15, -0.1) is 11.8 Å². The standard InChI is InChI=1S/C18H29NS/c1-4-19-18(13-20-17-8-6-5-7-9-17)16-11-10-14(2)15(3)12-16/h5-9,14-16,18-19H,4,10-13H2,1-3H3. The fourth-order valence-corrected chi connectivity index (χ4v) is 4.39. The van der Waals surface area contributed by atoms with Gasteiger partial charge in [0.15, 0.2) is 0 Å². The van der Waals surface area contributed by atoms with Crippen molar-refractivity contribution in [2.75, 3.05) is 12.3 Å². The number of nitrogens with one attached hydrogen (secondary N) is 1. The zero-order valence-corrected chi connectivity index (χ0v) is 14.0. The van der Waals surface area contributed by atoms with E-state index in [1.54, 1.807) is 0 Å². The minimum Gasteiger partial charge on any atom is -0.313 e. The Morgan fingerprint density at radius 2 is 1.90 bits per heavy atom. The monoisotopic (exact) mass is 291 g/mol. The molecule has 0 heterocycles. The lowest BCUT2D eigenvalue weighted by Gasteiger charge is -2.37. The summed E-state index contributed by atoms with van der Waals surface area (Å²) in [4.78, 5) is 1.40. The molecule has 1 aromatic carbocycles. The van der Waals surface area contributed by atoms with E-state index < -0.39 is 0 Å². The van der Waals surface area contributed by atoms with Crippen LogP contribution in [0.4, 0.5) is 0 Å². The van der Waals surface area contributed by atoms with Gasteiger partial charge in [0.25, 0.3) is 0 Å². The normalized spacial score (nSPS) is 28.2. The molecule has 1 fully saturated rings. The molecule has 0 spiro atoms. The zero-order valence-electron chi connectivity index (χ0n) is 13.1. The Balaban J connectivity index is 1.89. The molecule has 1 aromatic rings. The molecule has 4 atom stereocenters. The van der Waals surface area contributed by atoms with Crippen molar-refractivity contribution in [2.45, 2.75) is 51.0 Å². The van der Waals surface area contributed by atoms with Crippen LogP contribution < -0.4 is 5.32 Å². The Labute approximate surface area is 128 Å². The van der Waals surface area contributed by atoms with E-state index in [2.05, 4.69) is 56.4 Å². The van der Waals surface area contributed by atoms with Crippen LogP contribution in [0.5, 0.6) is 0 Å². The second-order valence-electron chi connectivity index (χ2n) is 6.32. The summed E-state index contributed by atoms with van der Waals surface area (Å²) in [7, 11) is 0. The van der Waals surface area contributed by atoms with Gasteiger partial charge in [0, 0.05) is 16.7 Å². The predicted molar refractivity (Wildman–Crippen MR) is 90.3 cm³/mol. The summed E-state index contributed by atoms with van der Waals surface area (Å²) in [5.74, 6) is 3.85. The average molecular weight is 292 g/mol. The lowest BCUT2D eigenvalue weighted by Crippen LogP contribution is -2.41. The van der Waals surface area contributed by atoms with Gasteiger partial charge in [-0.2, -0.15) is 0 Å². The summed E-state index contributed by atoms with van der Waals surface area (Å²) in [6.07, 6.45) is 4.20. The minimum atomic E-state index is 0.667. The third kappa shape index (κ3) is 4.53. The average Bonchev–Trinajstić information content (AvgIpc) is 2.47. The van der Waals surface area contributed by atoms with Gasteiger partial charge < -0.3 is 5.32 Å². The fourth-order valence-electron chi connectivity index (χ4n) is 3.28. The molecule has 112 valence electrons. The number of rotatable bonds is 6. The first kappa shape index (κ1) is 15.9. The third-order valence-corrected chi connectivity index (χ3v) is 5.98. The van der Waals surface area contributed by atoms with Crippen LogP contribution in [-0.4, -0.2) is 18.3 Å². The molecule has 0 radical (unpaired) electrons. The first-order valence-electron chi connectivity index (χ1n) is 8.12. The Hall–Kier alpha value is -0.470. The van der Waals surface area contributed by atoms with Crippen LogP contribution in [0.2, 0.25) is 0 Å². The quantitative estimate of drug-likeness (QED) is 0.753. The van der Waals surface area contributed by atoms with E-state index in [9.17, 15) is 0 Å². The van der Waals surface area contributed by atoms with Crippen LogP contribution in [-0.2, 0) is 0 Å². The summed E-state index contributed by atoms with van der Waals surface area (Å²) in [5, 5.41) is 3.74. The van der Waals surface area contributed by atoms with Crippen molar-refractivity contribution in [3.8, 4) is 0 Å². The lowest BCUT2D eigenvalue weighted by atomic mass is 9.73. The van der Waals surface area contributed by atoms with Crippen molar-refractivity contribution < 1.29 is 0 Å². The molecule has 1 aliphatic carbocycles. The molecule has 0 amide bonds. The highest BCUT2D eigenvalue weighted by molar-refractivity contribution is 7.99. The van der Waals surface area contributed by atoms with Crippen LogP contribution in [0.3, 0.4) is 0 Å². The van der Waals surface area contributed by atoms with Crippen molar-refractivity contribution in [3.05, 3.63) is 30.3 Å². The molecular weight excluding hydrogens is 262 g/mol. The van der Waals surface area contributed by atoms with E-state index in [-0.39, 0.29) is 0 Å². The zero-order chi connectivity index (χ0) is 14.4. The summed E-state index contributed by atoms with van der Waals surface area (Å²) < 4.78 is 0. The SMILES string of the molecule is CCNC(CSc1ccccc1)C1CCC(C)C(C)C1. The molecule has 0 aliphatic heterocycles. The van der Waals surface area contributed by atoms with Crippen LogP contribution >= 0.6 is 11.8 Å². The molecule has 2 rings (SSSR count). The first-order chi connectivity index (χ1) is 9.70. The van der Waals surface area contributed by atoms with E-state index in [0.29, 0.717) is 6.04 Å². The molecular formula is C18H29NS. The Morgan fingerprint density at radius 3 is 2.55 bits per heavy atom. The van der Waals surface area contributed by atoms with Crippen LogP contribution in [0.1, 0.15) is 40.0 Å². The van der Waals surface area contributed by atoms with Crippen molar-refractivity contribution in [2.24, 2.45) is 17.8 Å². The van der Waals surface area contributed by atoms with E-state index >= 15 is 0 Å². The minimum absolute atomic E-state index is 0.667. The highest BCUT2D eigenvalue weighted by Gasteiger charge is 2.29. The summed E-state index contributed by atoms with van der Waals surface area (Å²) >= 11 is 2.00. The molecule has 0 aromatic heterocycles. The van der Waals surface area contributed by atoms with Crippen molar-refractivity contribution in [1.82, 2.24) is 5.32 Å². The summed E-state index contributed by atoms with van der Waals surface area (Å²) in [6.45, 7) is 8.17. The highest BCUT2D eigenvalue weighted by atomic mass is 32.2. The molecule has 2 heteroatoms. The van der Waals surface area contributed by atoms with E-state index in [4.69, 9.17) is 0 Å². The molecule has 20 heavy (non-hydrogen) atoms. The Kier molecular flexibility index (Phi) is 6.44. The van der Waals surface area contributed by atoms with E-state index in [1.165, 1.54) is 29.9 Å². The Morgan fingerprint density at radius 1 is 1.15 bits per heavy atom. The number of hydrogen-bond donors (Lipinski definition) is 1. The van der Waals surface area contributed by atoms with Gasteiger partial charge in [-0.25, -0.2) is 0 Å². The smallest absolute Gasteiger partial charge is 0.0189 e. The molecule has 0 bridgehead atoms. The maximum atomic E-state index is 3.74. The largest absolute Gasteiger partial charge is 0.313 e. The van der Waals surface area contributed by atoms with Gasteiger partial charge in [0.2, 0.25) is 0 Å². The van der Waals surface area contributed by atoms with Gasteiger partial charge in [0.05, 0.1) is 0 Å². The maximum absolute atomic E-state index is 3.74. The van der Waals surface area contributed by atoms with Gasteiger partial charge >= 0.3 is 0 Å². The van der Waals surface area contributed by atoms with Crippen LogP contribution in [0, 0.1) is 17.8 Å². The van der Waals surface area contributed by atoms with Crippen molar-refractivity contribution in [1.29, 1.82) is 0 Å². The van der Waals surface area contributed by atoms with Crippen LogP contribution in [0.25, 0.3) is 0 Å². The second kappa shape index (κ2) is 8.09. The number of benzene rings is 1. The highest BCUT2D eigenvalue weighted by Crippen LogP contribution is 2.36. The molecule has 1 nitrogen and oxygen atoms in total. The van der Waals surface area contributed by atoms with Gasteiger partial charge in [-0.3, -0.25) is 0 Å². The lowest BCUT2D eigenvalue weighted by molar-refractivity contribution is 0.179. The van der Waals surface area contributed by atoms with E-state index in [1.807, 2.05) is 11.8 Å². The van der Waals surface area contributed by atoms with Gasteiger partial charge in [-0.1, -0.05) is 45.4 Å². The summed E-state index contributed by atoms with van der Waals surface area (Å²) in [5.41, 5.74) is 0. The van der Waals surface area contributed by atoms with Gasteiger partial charge in [-0.05, 0) is 49.3 Å². The molecule has 1 saturated carbocycles. The maximum Gasteiger partial charge on any atom is 0.0189 e. The van der Waals surface area contributed by atoms with Gasteiger partial charge in [0.1, 0.15) is 0 Å². The molecule has 0 saturated heterocycles. The van der Waals surface area contributed by atoms with Crippen molar-refractivity contribution >= 4 is 11.8 Å².